The van der Waals surface area contributed by atoms with Crippen LogP contribution in [-0.2, 0) is 5.41 Å². The summed E-state index contributed by atoms with van der Waals surface area (Å²) in [6, 6.07) is 42.9. The van der Waals surface area contributed by atoms with Gasteiger partial charge in [-0.15, -0.1) is 0 Å². The van der Waals surface area contributed by atoms with E-state index in [-0.39, 0.29) is 5.41 Å². The van der Waals surface area contributed by atoms with Gasteiger partial charge in [0.1, 0.15) is 0 Å². The zero-order valence-electron chi connectivity index (χ0n) is 21.4. The van der Waals surface area contributed by atoms with E-state index >= 15 is 0 Å². The first-order valence-electron chi connectivity index (χ1n) is 12.9. The van der Waals surface area contributed by atoms with Gasteiger partial charge in [0.2, 0.25) is 0 Å². The summed E-state index contributed by atoms with van der Waals surface area (Å²) in [6.45, 7) is 7.57. The van der Waals surface area contributed by atoms with E-state index in [9.17, 15) is 0 Å². The van der Waals surface area contributed by atoms with Gasteiger partial charge in [0.15, 0.2) is 0 Å². The van der Waals surface area contributed by atoms with Crippen molar-refractivity contribution in [3.63, 3.8) is 0 Å². The Kier molecular flexibility index (Phi) is 5.74. The standard InChI is InChI=1S/C32H22.C5H8/c1-21-14-16-22(17-15-21)23-18-19-27-26-10-4-7-13-30(26)32(31(27)20-23)28-11-5-2-8-24(28)25-9-3-6-12-29(25)32;1-3-5-4-2/h2-20H,1H3;3-5H,1H2,2H3/b;5-4-. The van der Waals surface area contributed by atoms with E-state index in [1.165, 1.54) is 61.2 Å². The molecule has 0 saturated carbocycles. The molecule has 5 aromatic carbocycles. The number of hydrogen-bond acceptors (Lipinski definition) is 0. The maximum absolute atomic E-state index is 3.46. The highest BCUT2D eigenvalue weighted by Crippen LogP contribution is 2.62. The quantitative estimate of drug-likeness (QED) is 0.219. The van der Waals surface area contributed by atoms with Gasteiger partial charge >= 0.3 is 0 Å². The highest BCUT2D eigenvalue weighted by molar-refractivity contribution is 5.95. The summed E-state index contributed by atoms with van der Waals surface area (Å²) in [6.07, 6.45) is 5.58. The molecule has 2 aliphatic carbocycles. The molecule has 7 rings (SSSR count). The van der Waals surface area contributed by atoms with Crippen molar-refractivity contribution in [2.75, 3.05) is 0 Å². The summed E-state index contributed by atoms with van der Waals surface area (Å²) in [4.78, 5) is 0. The topological polar surface area (TPSA) is 0 Å². The maximum Gasteiger partial charge on any atom is 0.0725 e. The molecule has 5 aromatic rings. The van der Waals surface area contributed by atoms with Crippen LogP contribution in [0.25, 0.3) is 33.4 Å². The van der Waals surface area contributed by atoms with Crippen LogP contribution in [0.15, 0.2) is 140 Å². The van der Waals surface area contributed by atoms with Gasteiger partial charge in [0.05, 0.1) is 5.41 Å². The second-order valence-electron chi connectivity index (χ2n) is 9.77. The van der Waals surface area contributed by atoms with E-state index in [0.717, 1.165) is 0 Å². The minimum Gasteiger partial charge on any atom is -0.0991 e. The summed E-state index contributed by atoms with van der Waals surface area (Å²) in [5, 5.41) is 0. The molecule has 0 heterocycles. The second-order valence-corrected chi connectivity index (χ2v) is 9.77. The predicted octanol–water partition coefficient (Wildman–Crippen LogP) is 9.75. The Bertz CT molecular complexity index is 1580. The fraction of sp³-hybridized carbons (Fsp3) is 0.0811. The first kappa shape index (κ1) is 23.0. The molecule has 0 bridgehead atoms. The lowest BCUT2D eigenvalue weighted by molar-refractivity contribution is 0.794. The SMILES string of the molecule is C=C/C=C\C.Cc1ccc(-c2ccc3c(c2)C2(c4ccccc4-c4ccccc42)c2ccccc2-3)cc1. The van der Waals surface area contributed by atoms with Crippen molar-refractivity contribution in [1.29, 1.82) is 0 Å². The zero-order valence-corrected chi connectivity index (χ0v) is 21.4. The van der Waals surface area contributed by atoms with Crippen LogP contribution < -0.4 is 0 Å². The molecule has 0 heteroatoms. The van der Waals surface area contributed by atoms with Gasteiger partial charge in [-0.1, -0.05) is 140 Å². The number of hydrogen-bond donors (Lipinski definition) is 0. The Labute approximate surface area is 220 Å². The van der Waals surface area contributed by atoms with E-state index in [1.54, 1.807) is 6.08 Å². The van der Waals surface area contributed by atoms with Crippen LogP contribution >= 0.6 is 0 Å². The Morgan fingerprint density at radius 3 is 1.46 bits per heavy atom. The molecular weight excluding hydrogens is 444 g/mol. The maximum atomic E-state index is 3.46. The summed E-state index contributed by atoms with van der Waals surface area (Å²) in [7, 11) is 0. The number of rotatable bonds is 2. The highest BCUT2D eigenvalue weighted by Gasteiger charge is 2.51. The summed E-state index contributed by atoms with van der Waals surface area (Å²) < 4.78 is 0. The summed E-state index contributed by atoms with van der Waals surface area (Å²) in [5.41, 5.74) is 14.6. The third-order valence-corrected chi connectivity index (χ3v) is 7.71. The van der Waals surface area contributed by atoms with Crippen molar-refractivity contribution >= 4 is 0 Å². The third kappa shape index (κ3) is 3.44. The van der Waals surface area contributed by atoms with Crippen LogP contribution in [0.5, 0.6) is 0 Å². The Hall–Kier alpha value is -4.42. The first-order chi connectivity index (χ1) is 18.2. The predicted molar refractivity (Wildman–Crippen MR) is 158 cm³/mol. The largest absolute Gasteiger partial charge is 0.0991 e. The minimum atomic E-state index is -0.264. The minimum absolute atomic E-state index is 0.264. The molecule has 0 aromatic heterocycles. The molecule has 37 heavy (non-hydrogen) atoms. The Morgan fingerprint density at radius 2 is 1.00 bits per heavy atom. The zero-order chi connectivity index (χ0) is 25.4. The average molecular weight is 475 g/mol. The van der Waals surface area contributed by atoms with Crippen LogP contribution in [0, 0.1) is 6.92 Å². The van der Waals surface area contributed by atoms with Crippen LogP contribution in [0.4, 0.5) is 0 Å². The van der Waals surface area contributed by atoms with Crippen molar-refractivity contribution in [2.24, 2.45) is 0 Å². The Morgan fingerprint density at radius 1 is 0.541 bits per heavy atom. The molecule has 0 N–H and O–H groups in total. The van der Waals surface area contributed by atoms with E-state index in [2.05, 4.69) is 129 Å². The van der Waals surface area contributed by atoms with Crippen molar-refractivity contribution in [2.45, 2.75) is 19.3 Å². The first-order valence-corrected chi connectivity index (χ1v) is 12.9. The molecule has 0 radical (unpaired) electrons. The van der Waals surface area contributed by atoms with Gasteiger partial charge in [0, 0.05) is 0 Å². The van der Waals surface area contributed by atoms with Gasteiger partial charge in [-0.25, -0.2) is 0 Å². The number of fused-ring (bicyclic) bond motifs is 10. The summed E-state index contributed by atoms with van der Waals surface area (Å²) >= 11 is 0. The fourth-order valence-corrected chi connectivity index (χ4v) is 6.16. The third-order valence-electron chi connectivity index (χ3n) is 7.71. The second kappa shape index (κ2) is 9.22. The van der Waals surface area contributed by atoms with Gasteiger partial charge in [-0.3, -0.25) is 0 Å². The van der Waals surface area contributed by atoms with Crippen molar-refractivity contribution in [1.82, 2.24) is 0 Å². The van der Waals surface area contributed by atoms with Crippen molar-refractivity contribution in [3.05, 3.63) is 168 Å². The molecule has 0 nitrogen and oxygen atoms in total. The van der Waals surface area contributed by atoms with Crippen LogP contribution in [0.2, 0.25) is 0 Å². The molecule has 0 unspecified atom stereocenters. The lowest BCUT2D eigenvalue weighted by Crippen LogP contribution is -2.25. The molecular formula is C37H30. The van der Waals surface area contributed by atoms with Gasteiger partial charge in [-0.2, -0.15) is 0 Å². The van der Waals surface area contributed by atoms with Gasteiger partial charge in [0.25, 0.3) is 0 Å². The molecule has 2 aliphatic rings. The van der Waals surface area contributed by atoms with Crippen LogP contribution in [-0.4, -0.2) is 0 Å². The molecule has 0 amide bonds. The van der Waals surface area contributed by atoms with E-state index in [0.29, 0.717) is 0 Å². The van der Waals surface area contributed by atoms with Crippen LogP contribution in [0.3, 0.4) is 0 Å². The van der Waals surface area contributed by atoms with Crippen molar-refractivity contribution < 1.29 is 0 Å². The monoisotopic (exact) mass is 474 g/mol. The van der Waals surface area contributed by atoms with Gasteiger partial charge < -0.3 is 0 Å². The average Bonchev–Trinajstić information content (AvgIpc) is 3.41. The highest BCUT2D eigenvalue weighted by atomic mass is 14.5. The van der Waals surface area contributed by atoms with Crippen molar-refractivity contribution in [3.8, 4) is 33.4 Å². The van der Waals surface area contributed by atoms with E-state index < -0.39 is 0 Å². The molecule has 0 saturated heterocycles. The van der Waals surface area contributed by atoms with E-state index in [4.69, 9.17) is 0 Å². The van der Waals surface area contributed by atoms with E-state index in [1.807, 2.05) is 19.1 Å². The molecule has 0 atom stereocenters. The molecule has 1 spiro atoms. The molecule has 0 fully saturated rings. The number of allylic oxidation sites excluding steroid dienone is 3. The van der Waals surface area contributed by atoms with Crippen LogP contribution in [0.1, 0.15) is 34.7 Å². The number of aryl methyl sites for hydroxylation is 1. The van der Waals surface area contributed by atoms with Gasteiger partial charge in [-0.05, 0) is 75.5 Å². The lowest BCUT2D eigenvalue weighted by Gasteiger charge is -2.30. The Balaban J connectivity index is 0.000000463. The fourth-order valence-electron chi connectivity index (χ4n) is 6.16. The smallest absolute Gasteiger partial charge is 0.0725 e. The molecule has 178 valence electrons. The molecule has 0 aliphatic heterocycles. The number of benzene rings is 5. The summed E-state index contributed by atoms with van der Waals surface area (Å²) in [5.74, 6) is 0. The normalized spacial score (nSPS) is 13.4. The lowest BCUT2D eigenvalue weighted by atomic mass is 9.70.